The molecule has 0 saturated carbocycles. The molecule has 2 N–H and O–H groups in total. The highest BCUT2D eigenvalue weighted by atomic mass is 32.1. The van der Waals surface area contributed by atoms with E-state index in [1.807, 2.05) is 19.1 Å². The molecule has 0 spiro atoms. The summed E-state index contributed by atoms with van der Waals surface area (Å²) in [5.41, 5.74) is 1.25. The highest BCUT2D eigenvalue weighted by molar-refractivity contribution is 7.22. The van der Waals surface area contributed by atoms with Crippen molar-refractivity contribution in [3.63, 3.8) is 0 Å². The maximum atomic E-state index is 12.0. The van der Waals surface area contributed by atoms with Gasteiger partial charge in [0.25, 0.3) is 0 Å². The van der Waals surface area contributed by atoms with Gasteiger partial charge < -0.3 is 10.4 Å². The van der Waals surface area contributed by atoms with Gasteiger partial charge in [0, 0.05) is 6.54 Å². The zero-order valence-electron chi connectivity index (χ0n) is 12.8. The van der Waals surface area contributed by atoms with Crippen LogP contribution in [-0.4, -0.2) is 46.6 Å². The molecule has 0 radical (unpaired) electrons. The van der Waals surface area contributed by atoms with Crippen LogP contribution in [0.25, 0.3) is 10.2 Å². The van der Waals surface area contributed by atoms with Crippen LogP contribution in [-0.2, 0) is 4.79 Å². The van der Waals surface area contributed by atoms with Gasteiger partial charge in [-0.05, 0) is 45.5 Å². The second kappa shape index (κ2) is 6.09. The van der Waals surface area contributed by atoms with Crippen LogP contribution in [0.3, 0.4) is 0 Å². The predicted octanol–water partition coefficient (Wildman–Crippen LogP) is 2.25. The Balaban J connectivity index is 1.98. The Labute approximate surface area is 128 Å². The highest BCUT2D eigenvalue weighted by Gasteiger charge is 2.18. The second-order valence-electron chi connectivity index (χ2n) is 6.02. The summed E-state index contributed by atoms with van der Waals surface area (Å²) in [7, 11) is 1.80. The Morgan fingerprint density at radius 2 is 2.19 bits per heavy atom. The Hall–Kier alpha value is -1.50. The largest absolute Gasteiger partial charge is 0.389 e. The number of aromatic nitrogens is 1. The number of aryl methyl sites for hydroxylation is 1. The van der Waals surface area contributed by atoms with Crippen LogP contribution in [0.5, 0.6) is 0 Å². The fourth-order valence-electron chi connectivity index (χ4n) is 2.21. The summed E-state index contributed by atoms with van der Waals surface area (Å²) >= 11 is 1.47. The van der Waals surface area contributed by atoms with Crippen molar-refractivity contribution in [3.05, 3.63) is 23.8 Å². The Morgan fingerprint density at radius 3 is 2.86 bits per heavy atom. The molecule has 0 fully saturated rings. The van der Waals surface area contributed by atoms with Crippen molar-refractivity contribution in [1.82, 2.24) is 9.88 Å². The van der Waals surface area contributed by atoms with E-state index in [0.29, 0.717) is 11.7 Å². The summed E-state index contributed by atoms with van der Waals surface area (Å²) in [6.07, 6.45) is 0. The van der Waals surface area contributed by atoms with Gasteiger partial charge >= 0.3 is 0 Å². The first-order chi connectivity index (χ1) is 9.73. The minimum atomic E-state index is -0.817. The molecule has 5 nitrogen and oxygen atoms in total. The molecule has 0 aliphatic carbocycles. The maximum Gasteiger partial charge on any atom is 0.240 e. The number of thiazole rings is 1. The van der Waals surface area contributed by atoms with Crippen LogP contribution < -0.4 is 5.32 Å². The minimum Gasteiger partial charge on any atom is -0.389 e. The molecule has 0 bridgehead atoms. The maximum absolute atomic E-state index is 12.0. The van der Waals surface area contributed by atoms with Gasteiger partial charge in [-0.25, -0.2) is 4.98 Å². The zero-order chi connectivity index (χ0) is 15.6. The smallest absolute Gasteiger partial charge is 0.240 e. The van der Waals surface area contributed by atoms with Gasteiger partial charge in [0.2, 0.25) is 5.91 Å². The first kappa shape index (κ1) is 15.9. The van der Waals surface area contributed by atoms with Crippen LogP contribution in [0.15, 0.2) is 18.2 Å². The predicted molar refractivity (Wildman–Crippen MR) is 86.8 cm³/mol. The molecule has 114 valence electrons. The number of nitrogens with one attached hydrogen (secondary N) is 1. The van der Waals surface area contributed by atoms with Crippen molar-refractivity contribution in [2.75, 3.05) is 25.5 Å². The molecule has 6 heteroatoms. The summed E-state index contributed by atoms with van der Waals surface area (Å²) < 4.78 is 1.06. The van der Waals surface area contributed by atoms with E-state index in [1.54, 1.807) is 25.8 Å². The van der Waals surface area contributed by atoms with Crippen molar-refractivity contribution in [1.29, 1.82) is 0 Å². The van der Waals surface area contributed by atoms with Crippen LogP contribution in [0, 0.1) is 6.92 Å². The zero-order valence-corrected chi connectivity index (χ0v) is 13.6. The number of aliphatic hydroxyl groups is 1. The van der Waals surface area contributed by atoms with Crippen molar-refractivity contribution < 1.29 is 9.90 Å². The standard InChI is InChI=1S/C15H21N3O2S/c1-10-5-6-11-12(7-10)21-14(16-11)17-13(19)8-18(4)9-15(2,3)20/h5-7,20H,8-9H2,1-4H3,(H,16,17,19). The highest BCUT2D eigenvalue weighted by Crippen LogP contribution is 2.26. The topological polar surface area (TPSA) is 65.5 Å². The van der Waals surface area contributed by atoms with E-state index in [4.69, 9.17) is 0 Å². The number of carbonyl (C=O) groups is 1. The number of hydrogen-bond acceptors (Lipinski definition) is 5. The molecule has 1 aromatic heterocycles. The number of nitrogens with zero attached hydrogens (tertiary/aromatic N) is 2. The number of carbonyl (C=O) groups excluding carboxylic acids is 1. The number of anilines is 1. The molecular weight excluding hydrogens is 286 g/mol. The number of hydrogen-bond donors (Lipinski definition) is 2. The molecule has 1 heterocycles. The van der Waals surface area contributed by atoms with Crippen molar-refractivity contribution in [2.24, 2.45) is 0 Å². The van der Waals surface area contributed by atoms with E-state index in [0.717, 1.165) is 10.2 Å². The average molecular weight is 307 g/mol. The minimum absolute atomic E-state index is 0.127. The van der Waals surface area contributed by atoms with E-state index in [2.05, 4.69) is 16.4 Å². The van der Waals surface area contributed by atoms with Crippen molar-refractivity contribution in [3.8, 4) is 0 Å². The molecule has 0 unspecified atom stereocenters. The van der Waals surface area contributed by atoms with Crippen molar-refractivity contribution >= 4 is 32.6 Å². The van der Waals surface area contributed by atoms with Gasteiger partial charge in [0.05, 0.1) is 22.4 Å². The summed E-state index contributed by atoms with van der Waals surface area (Å²) in [5.74, 6) is -0.127. The third kappa shape index (κ3) is 4.77. The molecule has 1 aromatic carbocycles. The van der Waals surface area contributed by atoms with Gasteiger partial charge in [0.1, 0.15) is 0 Å². The molecule has 0 aliphatic rings. The van der Waals surface area contributed by atoms with E-state index >= 15 is 0 Å². The SMILES string of the molecule is Cc1ccc2nc(NC(=O)CN(C)CC(C)(C)O)sc2c1. The van der Waals surface area contributed by atoms with Crippen molar-refractivity contribution in [2.45, 2.75) is 26.4 Å². The molecule has 1 amide bonds. The van der Waals surface area contributed by atoms with Gasteiger partial charge in [0.15, 0.2) is 5.13 Å². The summed E-state index contributed by atoms with van der Waals surface area (Å²) in [5, 5.41) is 13.1. The fourth-order valence-corrected chi connectivity index (χ4v) is 3.19. The van der Waals surface area contributed by atoms with Crippen LogP contribution in [0.2, 0.25) is 0 Å². The average Bonchev–Trinajstić information content (AvgIpc) is 2.66. The number of amides is 1. The molecule has 0 saturated heterocycles. The normalized spacial score (nSPS) is 12.1. The lowest BCUT2D eigenvalue weighted by Crippen LogP contribution is -2.40. The lowest BCUT2D eigenvalue weighted by molar-refractivity contribution is -0.117. The molecular formula is C15H21N3O2S. The van der Waals surface area contributed by atoms with Gasteiger partial charge in [-0.1, -0.05) is 17.4 Å². The van der Waals surface area contributed by atoms with Crippen LogP contribution >= 0.6 is 11.3 Å². The van der Waals surface area contributed by atoms with Gasteiger partial charge in [-0.3, -0.25) is 9.69 Å². The van der Waals surface area contributed by atoms with E-state index in [-0.39, 0.29) is 12.5 Å². The third-order valence-corrected chi connectivity index (χ3v) is 3.79. The molecule has 21 heavy (non-hydrogen) atoms. The quantitative estimate of drug-likeness (QED) is 0.889. The van der Waals surface area contributed by atoms with Crippen LogP contribution in [0.1, 0.15) is 19.4 Å². The molecule has 0 atom stereocenters. The van der Waals surface area contributed by atoms with Gasteiger partial charge in [-0.15, -0.1) is 0 Å². The lowest BCUT2D eigenvalue weighted by Gasteiger charge is -2.24. The number of likely N-dealkylation sites (N-methyl/N-ethyl adjacent to an activating group) is 1. The number of fused-ring (bicyclic) bond motifs is 1. The molecule has 0 aliphatic heterocycles. The Kier molecular flexibility index (Phi) is 4.61. The van der Waals surface area contributed by atoms with E-state index in [1.165, 1.54) is 16.9 Å². The summed E-state index contributed by atoms with van der Waals surface area (Å²) in [6, 6.07) is 6.02. The molecule has 2 rings (SSSR count). The number of rotatable bonds is 5. The fraction of sp³-hybridized carbons (Fsp3) is 0.467. The Bertz CT molecular complexity index is 646. The first-order valence-electron chi connectivity index (χ1n) is 6.81. The number of benzene rings is 1. The Morgan fingerprint density at radius 1 is 1.48 bits per heavy atom. The summed E-state index contributed by atoms with van der Waals surface area (Å²) in [4.78, 5) is 18.2. The lowest BCUT2D eigenvalue weighted by atomic mass is 10.1. The van der Waals surface area contributed by atoms with E-state index < -0.39 is 5.60 Å². The van der Waals surface area contributed by atoms with Gasteiger partial charge in [-0.2, -0.15) is 0 Å². The van der Waals surface area contributed by atoms with E-state index in [9.17, 15) is 9.90 Å². The van der Waals surface area contributed by atoms with Crippen LogP contribution in [0.4, 0.5) is 5.13 Å². The second-order valence-corrected chi connectivity index (χ2v) is 7.05. The summed E-state index contributed by atoms with van der Waals surface area (Å²) in [6.45, 7) is 6.12. The first-order valence-corrected chi connectivity index (χ1v) is 7.62. The third-order valence-electron chi connectivity index (χ3n) is 2.86. The monoisotopic (exact) mass is 307 g/mol. The molecule has 2 aromatic rings.